The molecule has 1 amide bonds. The molecule has 0 radical (unpaired) electrons. The molecule has 0 bridgehead atoms. The lowest BCUT2D eigenvalue weighted by atomic mass is 9.95. The van der Waals surface area contributed by atoms with E-state index >= 15 is 0 Å². The summed E-state index contributed by atoms with van der Waals surface area (Å²) in [5.74, 6) is -0.165. The topological polar surface area (TPSA) is 75.3 Å². The Morgan fingerprint density at radius 3 is 2.33 bits per heavy atom. The smallest absolute Gasteiger partial charge is 0.240 e. The summed E-state index contributed by atoms with van der Waals surface area (Å²) in [6.45, 7) is 5.36. The zero-order chi connectivity index (χ0) is 14.0. The normalized spacial score (nSPS) is 12.2. The first-order chi connectivity index (χ1) is 8.16. The van der Waals surface area contributed by atoms with Gasteiger partial charge >= 0.3 is 0 Å². The summed E-state index contributed by atoms with van der Waals surface area (Å²) >= 11 is 0. The van der Waals surface area contributed by atoms with Crippen LogP contribution in [0, 0.1) is 5.41 Å². The highest BCUT2D eigenvalue weighted by molar-refractivity contribution is 7.89. The summed E-state index contributed by atoms with van der Waals surface area (Å²) in [5.41, 5.74) is -0.0658. The van der Waals surface area contributed by atoms with E-state index in [0.29, 0.717) is 5.69 Å². The number of amides is 1. The highest BCUT2D eigenvalue weighted by Gasteiger charge is 2.21. The summed E-state index contributed by atoms with van der Waals surface area (Å²) in [4.78, 5) is 11.9. The Bertz CT molecular complexity index is 545. The van der Waals surface area contributed by atoms with Gasteiger partial charge in [0.2, 0.25) is 15.9 Å². The average molecular weight is 270 g/mol. The average Bonchev–Trinajstić information content (AvgIpc) is 2.28. The SMILES string of the molecule is CNS(=O)(=O)c1cccc(NC(=O)C(C)(C)C)c1. The number of carbonyl (C=O) groups is 1. The number of anilines is 1. The van der Waals surface area contributed by atoms with Crippen molar-refractivity contribution in [2.75, 3.05) is 12.4 Å². The molecule has 0 fully saturated rings. The molecule has 6 heteroatoms. The van der Waals surface area contributed by atoms with E-state index in [1.165, 1.54) is 19.2 Å². The van der Waals surface area contributed by atoms with Crippen molar-refractivity contribution in [1.82, 2.24) is 4.72 Å². The Morgan fingerprint density at radius 1 is 1.22 bits per heavy atom. The summed E-state index contributed by atoms with van der Waals surface area (Å²) in [7, 11) is -2.15. The fraction of sp³-hybridized carbons (Fsp3) is 0.417. The van der Waals surface area contributed by atoms with E-state index < -0.39 is 15.4 Å². The van der Waals surface area contributed by atoms with Gasteiger partial charge < -0.3 is 5.32 Å². The van der Waals surface area contributed by atoms with Crippen LogP contribution in [0.2, 0.25) is 0 Å². The maximum absolute atomic E-state index is 11.8. The minimum absolute atomic E-state index is 0.122. The van der Waals surface area contributed by atoms with Gasteiger partial charge in [0.1, 0.15) is 0 Å². The maximum Gasteiger partial charge on any atom is 0.240 e. The van der Waals surface area contributed by atoms with Gasteiger partial charge in [-0.15, -0.1) is 0 Å². The second kappa shape index (κ2) is 5.07. The van der Waals surface area contributed by atoms with Crippen molar-refractivity contribution in [3.8, 4) is 0 Å². The Balaban J connectivity index is 3.01. The van der Waals surface area contributed by atoms with Crippen LogP contribution in [0.15, 0.2) is 29.2 Å². The molecular weight excluding hydrogens is 252 g/mol. The van der Waals surface area contributed by atoms with Crippen LogP contribution in [0.5, 0.6) is 0 Å². The summed E-state index contributed by atoms with van der Waals surface area (Å²) in [5, 5.41) is 2.69. The summed E-state index contributed by atoms with van der Waals surface area (Å²) in [6.07, 6.45) is 0. The van der Waals surface area contributed by atoms with Gasteiger partial charge in [0.05, 0.1) is 4.90 Å². The molecule has 18 heavy (non-hydrogen) atoms. The number of sulfonamides is 1. The van der Waals surface area contributed by atoms with Crippen molar-refractivity contribution in [3.05, 3.63) is 24.3 Å². The molecular formula is C12H18N2O3S. The predicted octanol–water partition coefficient (Wildman–Crippen LogP) is 1.58. The number of hydrogen-bond acceptors (Lipinski definition) is 3. The molecule has 0 atom stereocenters. The Kier molecular flexibility index (Phi) is 4.13. The van der Waals surface area contributed by atoms with Crippen LogP contribution in [0.3, 0.4) is 0 Å². The minimum Gasteiger partial charge on any atom is -0.326 e. The van der Waals surface area contributed by atoms with Crippen LogP contribution in [-0.4, -0.2) is 21.4 Å². The molecule has 0 saturated heterocycles. The number of carbonyl (C=O) groups excluding carboxylic acids is 1. The van der Waals surface area contributed by atoms with Gasteiger partial charge in [-0.2, -0.15) is 0 Å². The van der Waals surface area contributed by atoms with Crippen LogP contribution < -0.4 is 10.0 Å². The second-order valence-electron chi connectivity index (χ2n) is 4.94. The quantitative estimate of drug-likeness (QED) is 0.875. The Hall–Kier alpha value is -1.40. The van der Waals surface area contributed by atoms with Gasteiger partial charge in [0, 0.05) is 11.1 Å². The van der Waals surface area contributed by atoms with Crippen LogP contribution in [-0.2, 0) is 14.8 Å². The van der Waals surface area contributed by atoms with Crippen LogP contribution >= 0.6 is 0 Å². The summed E-state index contributed by atoms with van der Waals surface area (Å²) in [6, 6.07) is 6.13. The molecule has 1 aromatic carbocycles. The van der Waals surface area contributed by atoms with E-state index in [-0.39, 0.29) is 10.8 Å². The van der Waals surface area contributed by atoms with E-state index in [1.807, 2.05) is 0 Å². The first-order valence-corrected chi connectivity index (χ1v) is 7.00. The number of hydrogen-bond donors (Lipinski definition) is 2. The monoisotopic (exact) mass is 270 g/mol. The third kappa shape index (κ3) is 3.54. The van der Waals surface area contributed by atoms with Crippen LogP contribution in [0.25, 0.3) is 0 Å². The fourth-order valence-electron chi connectivity index (χ4n) is 1.18. The Morgan fingerprint density at radius 2 is 1.83 bits per heavy atom. The third-order valence-electron chi connectivity index (χ3n) is 2.35. The van der Waals surface area contributed by atoms with Gasteiger partial charge in [-0.25, -0.2) is 13.1 Å². The van der Waals surface area contributed by atoms with Gasteiger partial charge in [-0.1, -0.05) is 26.8 Å². The van der Waals surface area contributed by atoms with Crippen LogP contribution in [0.4, 0.5) is 5.69 Å². The van der Waals surface area contributed by atoms with Crippen molar-refractivity contribution < 1.29 is 13.2 Å². The largest absolute Gasteiger partial charge is 0.326 e. The molecule has 0 aliphatic rings. The molecule has 0 saturated carbocycles. The molecule has 100 valence electrons. The lowest BCUT2D eigenvalue weighted by Crippen LogP contribution is -2.27. The highest BCUT2D eigenvalue weighted by Crippen LogP contribution is 2.19. The van der Waals surface area contributed by atoms with Gasteiger partial charge in [-0.05, 0) is 25.2 Å². The highest BCUT2D eigenvalue weighted by atomic mass is 32.2. The minimum atomic E-state index is -3.49. The fourth-order valence-corrected chi connectivity index (χ4v) is 1.95. The van der Waals surface area contributed by atoms with Gasteiger partial charge in [0.15, 0.2) is 0 Å². The van der Waals surface area contributed by atoms with Crippen LogP contribution in [0.1, 0.15) is 20.8 Å². The predicted molar refractivity (Wildman–Crippen MR) is 70.8 cm³/mol. The molecule has 5 nitrogen and oxygen atoms in total. The zero-order valence-electron chi connectivity index (χ0n) is 10.9. The lowest BCUT2D eigenvalue weighted by Gasteiger charge is -2.17. The third-order valence-corrected chi connectivity index (χ3v) is 3.76. The molecule has 0 aliphatic heterocycles. The van der Waals surface area contributed by atoms with E-state index in [4.69, 9.17) is 0 Å². The van der Waals surface area contributed by atoms with E-state index in [1.54, 1.807) is 32.9 Å². The molecule has 1 rings (SSSR count). The lowest BCUT2D eigenvalue weighted by molar-refractivity contribution is -0.123. The van der Waals surface area contributed by atoms with Crippen molar-refractivity contribution in [2.24, 2.45) is 5.41 Å². The van der Waals surface area contributed by atoms with E-state index in [0.717, 1.165) is 0 Å². The van der Waals surface area contributed by atoms with Crippen molar-refractivity contribution in [3.63, 3.8) is 0 Å². The number of rotatable bonds is 3. The first kappa shape index (κ1) is 14.7. The van der Waals surface area contributed by atoms with Crippen molar-refractivity contribution in [1.29, 1.82) is 0 Å². The Labute approximate surface area is 108 Å². The van der Waals surface area contributed by atoms with Gasteiger partial charge in [-0.3, -0.25) is 4.79 Å². The van der Waals surface area contributed by atoms with E-state index in [2.05, 4.69) is 10.0 Å². The molecule has 1 aromatic rings. The number of benzene rings is 1. The molecule has 0 spiro atoms. The molecule has 0 aromatic heterocycles. The summed E-state index contributed by atoms with van der Waals surface area (Å²) < 4.78 is 25.5. The van der Waals surface area contributed by atoms with Gasteiger partial charge in [0.25, 0.3) is 0 Å². The maximum atomic E-state index is 11.8. The number of nitrogens with one attached hydrogen (secondary N) is 2. The second-order valence-corrected chi connectivity index (χ2v) is 6.83. The standard InChI is InChI=1S/C12H18N2O3S/c1-12(2,3)11(15)14-9-6-5-7-10(8-9)18(16,17)13-4/h5-8,13H,1-4H3,(H,14,15). The molecule has 0 heterocycles. The molecule has 2 N–H and O–H groups in total. The molecule has 0 aliphatic carbocycles. The molecule has 0 unspecified atom stereocenters. The first-order valence-electron chi connectivity index (χ1n) is 5.52. The zero-order valence-corrected chi connectivity index (χ0v) is 11.8. The van der Waals surface area contributed by atoms with Crippen molar-refractivity contribution in [2.45, 2.75) is 25.7 Å². The van der Waals surface area contributed by atoms with E-state index in [9.17, 15) is 13.2 Å². The van der Waals surface area contributed by atoms with Crippen molar-refractivity contribution >= 4 is 21.6 Å².